The molecule has 1 aromatic heterocycles. The van der Waals surface area contributed by atoms with Gasteiger partial charge in [-0.2, -0.15) is 0 Å². The van der Waals surface area contributed by atoms with Crippen LogP contribution in [0.2, 0.25) is 0 Å². The van der Waals surface area contributed by atoms with Crippen molar-refractivity contribution < 1.29 is 4.79 Å². The molecular formula is C16H22ClN3O2. The number of aromatic amines is 1. The van der Waals surface area contributed by atoms with Crippen LogP contribution in [-0.4, -0.2) is 30.5 Å². The molecule has 5 nitrogen and oxygen atoms in total. The smallest absolute Gasteiger partial charge is 0.261 e. The molecule has 3 rings (SSSR count). The highest BCUT2D eigenvalue weighted by atomic mass is 35.5. The van der Waals surface area contributed by atoms with Gasteiger partial charge in [0, 0.05) is 18.8 Å². The number of carbonyl (C=O) groups is 1. The first-order chi connectivity index (χ1) is 10.2. The number of amides is 1. The van der Waals surface area contributed by atoms with Gasteiger partial charge < -0.3 is 15.6 Å². The first-order valence-corrected chi connectivity index (χ1v) is 7.66. The van der Waals surface area contributed by atoms with Gasteiger partial charge in [0.1, 0.15) is 5.56 Å². The number of rotatable bonds is 3. The van der Waals surface area contributed by atoms with Crippen molar-refractivity contribution in [3.63, 3.8) is 0 Å². The van der Waals surface area contributed by atoms with Crippen LogP contribution in [0.25, 0.3) is 0 Å². The van der Waals surface area contributed by atoms with Gasteiger partial charge in [0.05, 0.1) is 0 Å². The zero-order valence-corrected chi connectivity index (χ0v) is 13.4. The number of hydrogen-bond donors (Lipinski definition) is 3. The van der Waals surface area contributed by atoms with Gasteiger partial charge in [-0.1, -0.05) is 11.6 Å². The molecule has 0 saturated carbocycles. The summed E-state index contributed by atoms with van der Waals surface area (Å²) in [7, 11) is 0. The molecule has 22 heavy (non-hydrogen) atoms. The van der Waals surface area contributed by atoms with Crippen LogP contribution in [0.4, 0.5) is 0 Å². The number of halogens is 1. The van der Waals surface area contributed by atoms with Crippen molar-refractivity contribution >= 4 is 18.3 Å². The van der Waals surface area contributed by atoms with E-state index in [1.807, 2.05) is 0 Å². The van der Waals surface area contributed by atoms with E-state index in [9.17, 15) is 9.59 Å². The van der Waals surface area contributed by atoms with Gasteiger partial charge in [-0.05, 0) is 50.3 Å². The third-order valence-electron chi connectivity index (χ3n) is 4.22. The number of hydrogen-bond acceptors (Lipinski definition) is 3. The van der Waals surface area contributed by atoms with Crippen LogP contribution < -0.4 is 16.2 Å². The highest BCUT2D eigenvalue weighted by Gasteiger charge is 2.17. The standard InChI is InChI=1S/C16H21N3O2.ClH/c20-15(18-10-11-5-7-17-8-6-11)13-9-12-3-1-2-4-14(12)19-16(13)21;/h5,9,17H,1-4,6-8,10H2,(H,18,20)(H,19,21);1H. The van der Waals surface area contributed by atoms with Crippen molar-refractivity contribution in [1.29, 1.82) is 0 Å². The Labute approximate surface area is 136 Å². The predicted octanol–water partition coefficient (Wildman–Crippen LogP) is 1.32. The molecule has 0 bridgehead atoms. The summed E-state index contributed by atoms with van der Waals surface area (Å²) in [4.78, 5) is 27.1. The van der Waals surface area contributed by atoms with Gasteiger partial charge in [-0.25, -0.2) is 0 Å². The summed E-state index contributed by atoms with van der Waals surface area (Å²) in [5, 5.41) is 6.09. The van der Waals surface area contributed by atoms with E-state index in [1.54, 1.807) is 6.07 Å². The fraction of sp³-hybridized carbons (Fsp3) is 0.500. The maximum absolute atomic E-state index is 12.2. The van der Waals surface area contributed by atoms with Crippen LogP contribution >= 0.6 is 12.4 Å². The van der Waals surface area contributed by atoms with Crippen LogP contribution in [0, 0.1) is 0 Å². The molecule has 0 atom stereocenters. The van der Waals surface area contributed by atoms with Crippen LogP contribution in [0.5, 0.6) is 0 Å². The predicted molar refractivity (Wildman–Crippen MR) is 88.9 cm³/mol. The molecular weight excluding hydrogens is 302 g/mol. The zero-order valence-electron chi connectivity index (χ0n) is 12.5. The molecule has 6 heteroatoms. The molecule has 0 unspecified atom stereocenters. The third kappa shape index (κ3) is 3.78. The van der Waals surface area contributed by atoms with Crippen molar-refractivity contribution in [1.82, 2.24) is 15.6 Å². The molecule has 1 aliphatic heterocycles. The van der Waals surface area contributed by atoms with Gasteiger partial charge in [0.15, 0.2) is 0 Å². The number of carbonyl (C=O) groups excluding carboxylic acids is 1. The van der Waals surface area contributed by atoms with Crippen LogP contribution in [0.1, 0.15) is 40.9 Å². The molecule has 2 heterocycles. The average Bonchev–Trinajstić information content (AvgIpc) is 2.53. The lowest BCUT2D eigenvalue weighted by Gasteiger charge is -2.17. The first-order valence-electron chi connectivity index (χ1n) is 7.66. The average molecular weight is 324 g/mol. The lowest BCUT2D eigenvalue weighted by molar-refractivity contribution is 0.0955. The van der Waals surface area contributed by atoms with Crippen LogP contribution in [0.3, 0.4) is 0 Å². The topological polar surface area (TPSA) is 74.0 Å². The summed E-state index contributed by atoms with van der Waals surface area (Å²) in [6, 6.07) is 1.78. The largest absolute Gasteiger partial charge is 0.348 e. The van der Waals surface area contributed by atoms with Gasteiger partial charge >= 0.3 is 0 Å². The van der Waals surface area contributed by atoms with Crippen LogP contribution in [-0.2, 0) is 12.8 Å². The van der Waals surface area contributed by atoms with E-state index in [0.717, 1.165) is 56.5 Å². The van der Waals surface area contributed by atoms with E-state index in [-0.39, 0.29) is 29.4 Å². The summed E-state index contributed by atoms with van der Waals surface area (Å²) >= 11 is 0. The Morgan fingerprint density at radius 2 is 2.05 bits per heavy atom. The minimum atomic E-state index is -0.274. The minimum Gasteiger partial charge on any atom is -0.348 e. The molecule has 0 fully saturated rings. The van der Waals surface area contributed by atoms with Crippen molar-refractivity contribution in [3.8, 4) is 0 Å². The SMILES string of the molecule is Cl.O=C(NCC1=CCNCC1)c1cc2c([nH]c1=O)CCCC2. The summed E-state index contributed by atoms with van der Waals surface area (Å²) in [6.45, 7) is 2.32. The van der Waals surface area contributed by atoms with E-state index >= 15 is 0 Å². The van der Waals surface area contributed by atoms with Gasteiger partial charge in [-0.3, -0.25) is 9.59 Å². The van der Waals surface area contributed by atoms with Gasteiger partial charge in [0.2, 0.25) is 0 Å². The molecule has 1 amide bonds. The molecule has 1 aromatic rings. The summed E-state index contributed by atoms with van der Waals surface area (Å²) in [5.41, 5.74) is 3.31. The molecule has 0 aromatic carbocycles. The quantitative estimate of drug-likeness (QED) is 0.735. The number of H-pyrrole nitrogens is 1. The second kappa shape index (κ2) is 7.61. The van der Waals surface area contributed by atoms with E-state index < -0.39 is 0 Å². The summed E-state index contributed by atoms with van der Waals surface area (Å²) < 4.78 is 0. The Bertz CT molecular complexity index is 637. The van der Waals surface area contributed by atoms with Gasteiger partial charge in [0.25, 0.3) is 11.5 Å². The monoisotopic (exact) mass is 323 g/mol. The number of aryl methyl sites for hydroxylation is 2. The molecule has 0 saturated heterocycles. The summed E-state index contributed by atoms with van der Waals surface area (Å²) in [5.74, 6) is -0.274. The number of pyridine rings is 1. The van der Waals surface area contributed by atoms with Crippen LogP contribution in [0.15, 0.2) is 22.5 Å². The lowest BCUT2D eigenvalue weighted by atomic mass is 9.95. The molecule has 1 aliphatic carbocycles. The minimum absolute atomic E-state index is 0. The maximum Gasteiger partial charge on any atom is 0.261 e. The number of fused-ring (bicyclic) bond motifs is 1. The molecule has 2 aliphatic rings. The van der Waals surface area contributed by atoms with E-state index in [4.69, 9.17) is 0 Å². The second-order valence-electron chi connectivity index (χ2n) is 5.72. The molecule has 0 radical (unpaired) electrons. The number of aromatic nitrogens is 1. The fourth-order valence-electron chi connectivity index (χ4n) is 2.96. The van der Waals surface area contributed by atoms with Crippen molar-refractivity contribution in [2.45, 2.75) is 32.1 Å². The summed E-state index contributed by atoms with van der Waals surface area (Å²) in [6.07, 6.45) is 7.13. The highest BCUT2D eigenvalue weighted by Crippen LogP contribution is 2.18. The normalized spacial score (nSPS) is 17.0. The van der Waals surface area contributed by atoms with E-state index in [1.165, 1.54) is 5.57 Å². The Balaban J connectivity index is 0.00000176. The Morgan fingerprint density at radius 3 is 2.82 bits per heavy atom. The molecule has 120 valence electrons. The third-order valence-corrected chi connectivity index (χ3v) is 4.22. The van der Waals surface area contributed by atoms with E-state index in [2.05, 4.69) is 21.7 Å². The van der Waals surface area contributed by atoms with Crippen molar-refractivity contribution in [2.75, 3.05) is 19.6 Å². The molecule has 3 N–H and O–H groups in total. The van der Waals surface area contributed by atoms with Gasteiger partial charge in [-0.15, -0.1) is 12.4 Å². The van der Waals surface area contributed by atoms with E-state index in [0.29, 0.717) is 6.54 Å². The zero-order chi connectivity index (χ0) is 14.7. The maximum atomic E-state index is 12.2. The first kappa shape index (κ1) is 16.8. The van der Waals surface area contributed by atoms with Crippen molar-refractivity contribution in [2.24, 2.45) is 0 Å². The Morgan fingerprint density at radius 1 is 1.23 bits per heavy atom. The highest BCUT2D eigenvalue weighted by molar-refractivity contribution is 5.94. The Kier molecular flexibility index (Phi) is 5.80. The fourth-order valence-corrected chi connectivity index (χ4v) is 2.96. The number of nitrogens with one attached hydrogen (secondary N) is 3. The van der Waals surface area contributed by atoms with Crippen molar-refractivity contribution in [3.05, 3.63) is 44.9 Å². The molecule has 0 spiro atoms. The lowest BCUT2D eigenvalue weighted by Crippen LogP contribution is -2.33. The second-order valence-corrected chi connectivity index (χ2v) is 5.72. The Hall–Kier alpha value is -1.59.